The molecule has 1 aliphatic rings. The molecule has 0 aliphatic carbocycles. The Bertz CT molecular complexity index is 989. The number of hydrogen-bond acceptors (Lipinski definition) is 6. The summed E-state index contributed by atoms with van der Waals surface area (Å²) < 4.78 is 40.4. The van der Waals surface area contributed by atoms with Gasteiger partial charge in [0.15, 0.2) is 0 Å². The lowest BCUT2D eigenvalue weighted by Crippen LogP contribution is -2.30. The average molecular weight is 643 g/mol. The van der Waals surface area contributed by atoms with Gasteiger partial charge in [-0.25, -0.2) is 9.78 Å². The Balaban J connectivity index is 0.00000168. The first-order valence-corrected chi connectivity index (χ1v) is 17.0. The first-order valence-electron chi connectivity index (χ1n) is 17.0. The fourth-order valence-electron chi connectivity index (χ4n) is 4.86. The molecule has 0 bridgehead atoms. The van der Waals surface area contributed by atoms with Crippen molar-refractivity contribution in [2.24, 2.45) is 16.6 Å². The second kappa shape index (κ2) is 24.2. The molecule has 1 aromatic heterocycles. The van der Waals surface area contributed by atoms with E-state index < -0.39 is 11.7 Å². The zero-order valence-electron chi connectivity index (χ0n) is 29.1. The molecule has 2 amide bonds. The van der Waals surface area contributed by atoms with Crippen molar-refractivity contribution < 1.29 is 18.0 Å². The van der Waals surface area contributed by atoms with Gasteiger partial charge in [0.1, 0.15) is 17.2 Å². The molecule has 2 rings (SSSR count). The highest BCUT2D eigenvalue weighted by atomic mass is 19.4. The maximum atomic E-state index is 13.5. The average Bonchev–Trinajstić information content (AvgIpc) is 3.41. The third kappa shape index (κ3) is 17.3. The lowest BCUT2D eigenvalue weighted by molar-refractivity contribution is -0.137. The van der Waals surface area contributed by atoms with Crippen LogP contribution in [0.2, 0.25) is 0 Å². The van der Waals surface area contributed by atoms with Gasteiger partial charge in [-0.3, -0.25) is 0 Å². The highest BCUT2D eigenvalue weighted by Crippen LogP contribution is 2.34. The van der Waals surface area contributed by atoms with Crippen LogP contribution in [-0.4, -0.2) is 59.0 Å². The van der Waals surface area contributed by atoms with E-state index in [0.717, 1.165) is 37.2 Å². The van der Waals surface area contributed by atoms with E-state index in [2.05, 4.69) is 65.5 Å². The Kier molecular flexibility index (Phi) is 22.6. The van der Waals surface area contributed by atoms with E-state index >= 15 is 0 Å². The number of nitrogens with one attached hydrogen (secondary N) is 3. The molecule has 1 aromatic rings. The summed E-state index contributed by atoms with van der Waals surface area (Å²) in [7, 11) is 0. The van der Waals surface area contributed by atoms with Crippen molar-refractivity contribution in [2.75, 3.05) is 31.5 Å². The number of anilines is 1. The monoisotopic (exact) mass is 642 g/mol. The number of carbonyl (C=O) groups excluding carboxylic acids is 1. The first-order chi connectivity index (χ1) is 21.5. The van der Waals surface area contributed by atoms with Crippen LogP contribution in [0.25, 0.3) is 0 Å². The minimum Gasteiger partial charge on any atom is -0.388 e. The largest absolute Gasteiger partial charge is 0.421 e. The second-order valence-electron chi connectivity index (χ2n) is 11.1. The van der Waals surface area contributed by atoms with E-state index in [1.165, 1.54) is 25.7 Å². The summed E-state index contributed by atoms with van der Waals surface area (Å²) in [6.07, 6.45) is 8.63. The van der Waals surface area contributed by atoms with Crippen LogP contribution in [0, 0.1) is 5.92 Å². The number of amides is 2. The Morgan fingerprint density at radius 2 is 1.69 bits per heavy atom. The van der Waals surface area contributed by atoms with E-state index in [1.54, 1.807) is 4.90 Å². The highest BCUT2D eigenvalue weighted by Gasteiger charge is 2.35. The SMILES string of the molecule is CC.CCCC(C)CCC.CCCC(CCC)N/C=C(CC)\C(N)=N\c1ncc(C(F)(F)F)c(NCCCN2CCNC2=O)n1. The number of nitrogens with two attached hydrogens (primary N) is 1. The third-order valence-electron chi connectivity index (χ3n) is 7.18. The quantitative estimate of drug-likeness (QED) is 0.0725. The van der Waals surface area contributed by atoms with Crippen molar-refractivity contribution in [2.45, 2.75) is 132 Å². The van der Waals surface area contributed by atoms with Gasteiger partial charge in [0, 0.05) is 50.2 Å². The van der Waals surface area contributed by atoms with Gasteiger partial charge >= 0.3 is 12.2 Å². The normalized spacial score (nSPS) is 13.7. The van der Waals surface area contributed by atoms with Crippen molar-refractivity contribution in [3.63, 3.8) is 0 Å². The van der Waals surface area contributed by atoms with Gasteiger partial charge in [0.25, 0.3) is 5.95 Å². The molecule has 0 aromatic carbocycles. The van der Waals surface area contributed by atoms with Gasteiger partial charge in [0.2, 0.25) is 0 Å². The number of amidine groups is 1. The molecule has 45 heavy (non-hydrogen) atoms. The van der Waals surface area contributed by atoms with Crippen LogP contribution < -0.4 is 21.7 Å². The van der Waals surface area contributed by atoms with E-state index in [4.69, 9.17) is 5.73 Å². The van der Waals surface area contributed by atoms with Crippen molar-refractivity contribution >= 4 is 23.6 Å². The number of carbonyl (C=O) groups is 1. The van der Waals surface area contributed by atoms with Gasteiger partial charge in [-0.2, -0.15) is 23.1 Å². The Morgan fingerprint density at radius 1 is 1.09 bits per heavy atom. The molecule has 9 nitrogen and oxygen atoms in total. The molecule has 5 N–H and O–H groups in total. The molecule has 12 heteroatoms. The summed E-state index contributed by atoms with van der Waals surface area (Å²) >= 11 is 0. The number of alkyl halides is 3. The topological polar surface area (TPSA) is 121 Å². The van der Waals surface area contributed by atoms with Crippen LogP contribution in [0.3, 0.4) is 0 Å². The van der Waals surface area contributed by atoms with Gasteiger partial charge in [0.05, 0.1) is 0 Å². The predicted octanol–water partition coefficient (Wildman–Crippen LogP) is 8.41. The number of rotatable bonds is 18. The van der Waals surface area contributed by atoms with E-state index in [9.17, 15) is 18.0 Å². The molecule has 1 aliphatic heterocycles. The van der Waals surface area contributed by atoms with Gasteiger partial charge in [-0.05, 0) is 31.6 Å². The molecule has 1 fully saturated rings. The first kappa shape index (κ1) is 41.9. The molecular weight excluding hydrogens is 581 g/mol. The number of halogens is 3. The van der Waals surface area contributed by atoms with Crippen LogP contribution in [0.15, 0.2) is 23.0 Å². The molecule has 0 spiro atoms. The minimum absolute atomic E-state index is 0.150. The fourth-order valence-corrected chi connectivity index (χ4v) is 4.86. The lowest BCUT2D eigenvalue weighted by atomic mass is 10.0. The summed E-state index contributed by atoms with van der Waals surface area (Å²) in [5, 5.41) is 8.79. The maximum absolute atomic E-state index is 13.5. The standard InChI is InChI=1S/C23H37F3N8O.C8H18.C2H6/c1-4-8-17(9-5-2)30-14-16(6-3)19(27)32-21-31-15-18(23(24,25)26)20(33-21)28-10-7-12-34-13-11-29-22(34)35;1-4-6-8(3)7-5-2;1-2/h14-15,17,30H,4-13H2,1-3H3,(H,29,35)(H3,27,28,31,32,33);8H,4-7H2,1-3H3;1-2H3/b16-14-;;. The fraction of sp³-hybridized carbons (Fsp3) is 0.758. The van der Waals surface area contributed by atoms with Crippen LogP contribution in [0.4, 0.5) is 29.7 Å². The molecule has 0 unspecified atom stereocenters. The third-order valence-corrected chi connectivity index (χ3v) is 7.18. The molecule has 0 saturated carbocycles. The van der Waals surface area contributed by atoms with Crippen molar-refractivity contribution in [3.8, 4) is 0 Å². The van der Waals surface area contributed by atoms with Gasteiger partial charge < -0.3 is 26.6 Å². The van der Waals surface area contributed by atoms with Crippen molar-refractivity contribution in [1.29, 1.82) is 0 Å². The zero-order valence-corrected chi connectivity index (χ0v) is 29.1. The summed E-state index contributed by atoms with van der Waals surface area (Å²) in [5.74, 6) is 0.591. The minimum atomic E-state index is -4.63. The van der Waals surface area contributed by atoms with Gasteiger partial charge in [-0.1, -0.05) is 93.9 Å². The van der Waals surface area contributed by atoms with Crippen LogP contribution in [0.1, 0.15) is 125 Å². The van der Waals surface area contributed by atoms with Gasteiger partial charge in [-0.15, -0.1) is 0 Å². The number of nitrogens with zero attached hydrogens (tertiary/aromatic N) is 4. The van der Waals surface area contributed by atoms with Crippen LogP contribution in [0.5, 0.6) is 0 Å². The van der Waals surface area contributed by atoms with Crippen LogP contribution in [-0.2, 0) is 6.18 Å². The molecule has 260 valence electrons. The predicted molar refractivity (Wildman–Crippen MR) is 182 cm³/mol. The van der Waals surface area contributed by atoms with Crippen molar-refractivity contribution in [1.82, 2.24) is 25.5 Å². The number of aromatic nitrogens is 2. The number of aliphatic imine (C=N–C) groups is 1. The van der Waals surface area contributed by atoms with Crippen LogP contribution >= 0.6 is 0 Å². The van der Waals surface area contributed by atoms with Crippen molar-refractivity contribution in [3.05, 3.63) is 23.5 Å². The Labute approximate surface area is 270 Å². The summed E-state index contributed by atoms with van der Waals surface area (Å²) in [6, 6.07) is 0.157. The molecular formula is C33H61F3N8O. The lowest BCUT2D eigenvalue weighted by Gasteiger charge is -2.17. The van der Waals surface area contributed by atoms with E-state index in [0.29, 0.717) is 44.7 Å². The molecule has 0 atom stereocenters. The second-order valence-corrected chi connectivity index (χ2v) is 11.1. The molecule has 2 heterocycles. The van der Waals surface area contributed by atoms with E-state index in [-0.39, 0.29) is 30.2 Å². The van der Waals surface area contributed by atoms with E-state index in [1.807, 2.05) is 27.0 Å². The summed E-state index contributed by atoms with van der Waals surface area (Å²) in [4.78, 5) is 25.1. The zero-order chi connectivity index (χ0) is 34.3. The number of hydrogen-bond donors (Lipinski definition) is 4. The maximum Gasteiger partial charge on any atom is 0.421 e. The molecule has 1 saturated heterocycles. The smallest absolute Gasteiger partial charge is 0.388 e. The summed E-state index contributed by atoms with van der Waals surface area (Å²) in [5.41, 5.74) is 5.89. The Hall–Kier alpha value is -3.05. The Morgan fingerprint density at radius 3 is 2.18 bits per heavy atom. The molecule has 0 radical (unpaired) electrons. The number of urea groups is 1. The highest BCUT2D eigenvalue weighted by molar-refractivity contribution is 5.98. The summed E-state index contributed by atoms with van der Waals surface area (Å²) in [6.45, 7) is 18.8.